The molecule has 7 heteroatoms. The van der Waals surface area contributed by atoms with Gasteiger partial charge in [-0.25, -0.2) is 4.79 Å². The number of amides is 2. The van der Waals surface area contributed by atoms with Crippen LogP contribution in [0.15, 0.2) is 67.3 Å². The normalized spacial score (nSPS) is 10.8. The second-order valence-electron chi connectivity index (χ2n) is 6.43. The first kappa shape index (κ1) is 17.7. The number of aryl methyl sites for hydroxylation is 1. The van der Waals surface area contributed by atoms with Crippen LogP contribution in [0.5, 0.6) is 0 Å². The van der Waals surface area contributed by atoms with Crippen molar-refractivity contribution in [1.29, 1.82) is 0 Å². The molecule has 0 unspecified atom stereocenters. The summed E-state index contributed by atoms with van der Waals surface area (Å²) in [7, 11) is 1.85. The molecule has 0 atom stereocenters. The van der Waals surface area contributed by atoms with E-state index in [-0.39, 0.29) is 12.6 Å². The number of urea groups is 1. The molecular formula is C21H20N6O. The molecule has 0 fully saturated rings. The molecule has 2 aromatic carbocycles. The molecular weight excluding hydrogens is 352 g/mol. The van der Waals surface area contributed by atoms with Crippen molar-refractivity contribution in [3.05, 3.63) is 78.5 Å². The Hall–Kier alpha value is -3.74. The van der Waals surface area contributed by atoms with E-state index < -0.39 is 0 Å². The monoisotopic (exact) mass is 372 g/mol. The topological polar surface area (TPSA) is 84.7 Å². The van der Waals surface area contributed by atoms with Crippen LogP contribution < -0.4 is 10.6 Å². The van der Waals surface area contributed by atoms with Gasteiger partial charge in [0.1, 0.15) is 0 Å². The molecule has 28 heavy (non-hydrogen) atoms. The number of carbonyl (C=O) groups excluding carboxylic acids is 1. The Morgan fingerprint density at radius 1 is 1.00 bits per heavy atom. The zero-order valence-electron chi connectivity index (χ0n) is 15.5. The zero-order valence-corrected chi connectivity index (χ0v) is 15.5. The van der Waals surface area contributed by atoms with E-state index in [1.165, 1.54) is 0 Å². The first-order chi connectivity index (χ1) is 13.7. The van der Waals surface area contributed by atoms with Gasteiger partial charge in [0, 0.05) is 37.7 Å². The predicted octanol–water partition coefficient (Wildman–Crippen LogP) is 3.03. The van der Waals surface area contributed by atoms with Crippen LogP contribution in [-0.4, -0.2) is 25.8 Å². The average molecular weight is 372 g/mol. The molecule has 2 N–H and O–H groups in total. The smallest absolute Gasteiger partial charge is 0.315 e. The van der Waals surface area contributed by atoms with Crippen LogP contribution in [0.3, 0.4) is 0 Å². The molecule has 0 spiro atoms. The first-order valence-electron chi connectivity index (χ1n) is 8.98. The van der Waals surface area contributed by atoms with E-state index in [2.05, 4.69) is 43.9 Å². The Kier molecular flexibility index (Phi) is 4.97. The van der Waals surface area contributed by atoms with Gasteiger partial charge < -0.3 is 10.6 Å². The number of carbonyl (C=O) groups is 1. The molecule has 0 bridgehead atoms. The number of benzene rings is 2. The highest BCUT2D eigenvalue weighted by Gasteiger charge is 2.11. The second-order valence-corrected chi connectivity index (χ2v) is 6.43. The molecule has 7 nitrogen and oxygen atoms in total. The molecule has 140 valence electrons. The quantitative estimate of drug-likeness (QED) is 0.564. The molecule has 2 amide bonds. The van der Waals surface area contributed by atoms with Gasteiger partial charge in [-0.3, -0.25) is 14.6 Å². The van der Waals surface area contributed by atoms with Crippen LogP contribution in [0.4, 0.5) is 4.79 Å². The van der Waals surface area contributed by atoms with Gasteiger partial charge in [-0.1, -0.05) is 42.5 Å². The SMILES string of the molecule is Cn1cc(-c2nccnc2CNC(=O)NCc2cccc3ccccc23)cn1. The first-order valence-corrected chi connectivity index (χ1v) is 8.98. The summed E-state index contributed by atoms with van der Waals surface area (Å²) in [6, 6.07) is 14.0. The van der Waals surface area contributed by atoms with Gasteiger partial charge in [0.15, 0.2) is 0 Å². The minimum Gasteiger partial charge on any atom is -0.334 e. The van der Waals surface area contributed by atoms with E-state index in [1.807, 2.05) is 37.5 Å². The van der Waals surface area contributed by atoms with Crippen molar-refractivity contribution in [3.8, 4) is 11.3 Å². The van der Waals surface area contributed by atoms with Gasteiger partial charge in [-0.2, -0.15) is 5.10 Å². The van der Waals surface area contributed by atoms with Crippen molar-refractivity contribution >= 4 is 16.8 Å². The van der Waals surface area contributed by atoms with Crippen molar-refractivity contribution in [3.63, 3.8) is 0 Å². The number of rotatable bonds is 5. The molecule has 0 radical (unpaired) electrons. The van der Waals surface area contributed by atoms with Crippen LogP contribution >= 0.6 is 0 Å². The fourth-order valence-corrected chi connectivity index (χ4v) is 3.13. The van der Waals surface area contributed by atoms with Crippen molar-refractivity contribution in [2.24, 2.45) is 7.05 Å². The fourth-order valence-electron chi connectivity index (χ4n) is 3.13. The molecule has 0 aliphatic carbocycles. The summed E-state index contributed by atoms with van der Waals surface area (Å²) < 4.78 is 1.71. The van der Waals surface area contributed by atoms with Gasteiger partial charge in [0.05, 0.1) is 24.1 Å². The van der Waals surface area contributed by atoms with E-state index in [0.717, 1.165) is 21.9 Å². The van der Waals surface area contributed by atoms with Crippen molar-refractivity contribution in [2.75, 3.05) is 0 Å². The molecule has 2 aromatic heterocycles. The second kappa shape index (κ2) is 7.87. The lowest BCUT2D eigenvalue weighted by molar-refractivity contribution is 0.240. The third kappa shape index (κ3) is 3.83. The maximum atomic E-state index is 12.3. The Morgan fingerprint density at radius 2 is 1.79 bits per heavy atom. The highest BCUT2D eigenvalue weighted by Crippen LogP contribution is 2.19. The molecule has 4 rings (SSSR count). The van der Waals surface area contributed by atoms with Gasteiger partial charge in [0.2, 0.25) is 0 Å². The van der Waals surface area contributed by atoms with E-state index in [1.54, 1.807) is 23.3 Å². The summed E-state index contributed by atoms with van der Waals surface area (Å²) in [4.78, 5) is 21.0. The molecule has 4 aromatic rings. The molecule has 0 saturated carbocycles. The van der Waals surface area contributed by atoms with Crippen molar-refractivity contribution in [1.82, 2.24) is 30.4 Å². The van der Waals surface area contributed by atoms with Crippen LogP contribution in [0, 0.1) is 0 Å². The van der Waals surface area contributed by atoms with Crippen molar-refractivity contribution < 1.29 is 4.79 Å². The summed E-state index contributed by atoms with van der Waals surface area (Å²) in [6.07, 6.45) is 6.85. The molecule has 0 aliphatic heterocycles. The number of nitrogens with one attached hydrogen (secondary N) is 2. The maximum Gasteiger partial charge on any atom is 0.315 e. The van der Waals surface area contributed by atoms with E-state index in [4.69, 9.17) is 0 Å². The largest absolute Gasteiger partial charge is 0.334 e. The molecule has 0 saturated heterocycles. The number of nitrogens with zero attached hydrogens (tertiary/aromatic N) is 4. The standard InChI is InChI=1S/C21H20N6O/c1-27-14-17(12-26-27)20-19(22-9-10-23-20)13-25-21(28)24-11-16-7-4-6-15-5-2-3-8-18(15)16/h2-10,12,14H,11,13H2,1H3,(H2,24,25,28). The molecule has 0 aliphatic rings. The lowest BCUT2D eigenvalue weighted by Gasteiger charge is -2.11. The zero-order chi connectivity index (χ0) is 19.3. The highest BCUT2D eigenvalue weighted by atomic mass is 16.2. The summed E-state index contributed by atoms with van der Waals surface area (Å²) in [6.45, 7) is 0.725. The summed E-state index contributed by atoms with van der Waals surface area (Å²) in [5.74, 6) is 0. The van der Waals surface area contributed by atoms with Crippen LogP contribution in [-0.2, 0) is 20.1 Å². The minimum absolute atomic E-state index is 0.254. The van der Waals surface area contributed by atoms with Gasteiger partial charge >= 0.3 is 6.03 Å². The summed E-state index contributed by atoms with van der Waals surface area (Å²) in [5.41, 5.74) is 3.34. The third-order valence-electron chi connectivity index (χ3n) is 4.49. The highest BCUT2D eigenvalue weighted by molar-refractivity contribution is 5.86. The van der Waals surface area contributed by atoms with Crippen LogP contribution in [0.2, 0.25) is 0 Å². The fraction of sp³-hybridized carbons (Fsp3) is 0.143. The lowest BCUT2D eigenvalue weighted by Crippen LogP contribution is -2.35. The maximum absolute atomic E-state index is 12.3. The lowest BCUT2D eigenvalue weighted by atomic mass is 10.0. The predicted molar refractivity (Wildman–Crippen MR) is 107 cm³/mol. The van der Waals surface area contributed by atoms with Gasteiger partial charge in [-0.05, 0) is 16.3 Å². The Labute approximate surface area is 162 Å². The Bertz CT molecular complexity index is 1120. The van der Waals surface area contributed by atoms with E-state index >= 15 is 0 Å². The van der Waals surface area contributed by atoms with E-state index in [9.17, 15) is 4.79 Å². The Balaban J connectivity index is 1.40. The van der Waals surface area contributed by atoms with Crippen molar-refractivity contribution in [2.45, 2.75) is 13.1 Å². The Morgan fingerprint density at radius 3 is 2.64 bits per heavy atom. The molecule has 2 heterocycles. The third-order valence-corrected chi connectivity index (χ3v) is 4.49. The number of fused-ring (bicyclic) bond motifs is 1. The number of aromatic nitrogens is 4. The van der Waals surface area contributed by atoms with Gasteiger partial charge in [0.25, 0.3) is 0 Å². The van der Waals surface area contributed by atoms with Gasteiger partial charge in [-0.15, -0.1) is 0 Å². The van der Waals surface area contributed by atoms with E-state index in [0.29, 0.717) is 17.9 Å². The van der Waals surface area contributed by atoms with Crippen LogP contribution in [0.25, 0.3) is 22.0 Å². The number of hydrogen-bond donors (Lipinski definition) is 2. The summed E-state index contributed by atoms with van der Waals surface area (Å²) in [5, 5.41) is 12.2. The minimum atomic E-state index is -0.254. The summed E-state index contributed by atoms with van der Waals surface area (Å²) >= 11 is 0. The number of hydrogen-bond acceptors (Lipinski definition) is 4. The van der Waals surface area contributed by atoms with Crippen LogP contribution in [0.1, 0.15) is 11.3 Å². The average Bonchev–Trinajstić information content (AvgIpc) is 3.17.